The molecule has 0 bridgehead atoms. The molecule has 4 N–H and O–H groups in total. The highest BCUT2D eigenvalue weighted by Gasteiger charge is 2.20. The van der Waals surface area contributed by atoms with E-state index >= 15 is 0 Å². The van der Waals surface area contributed by atoms with Crippen molar-refractivity contribution in [3.8, 4) is 11.5 Å². The first-order chi connectivity index (χ1) is 7.52. The molecule has 0 spiro atoms. The van der Waals surface area contributed by atoms with Gasteiger partial charge in [0, 0.05) is 5.56 Å². The highest BCUT2D eigenvalue weighted by Crippen LogP contribution is 2.38. The van der Waals surface area contributed by atoms with E-state index in [1.54, 1.807) is 6.07 Å². The first-order valence-corrected chi connectivity index (χ1v) is 5.29. The maximum atomic E-state index is 10.0. The van der Waals surface area contributed by atoms with Crippen LogP contribution in [0.3, 0.4) is 0 Å². The molecule has 1 atom stereocenters. The molecule has 90 valence electrons. The molecule has 0 amide bonds. The summed E-state index contributed by atoms with van der Waals surface area (Å²) in [7, 11) is 1.48. The van der Waals surface area contributed by atoms with E-state index in [4.69, 9.17) is 15.6 Å². The third kappa shape index (κ3) is 2.28. The second-order valence-electron chi connectivity index (χ2n) is 4.06. The van der Waals surface area contributed by atoms with E-state index < -0.39 is 6.04 Å². The standard InChI is InChI=1S/C12H19NO3/c1-7(2)8-4-5-10(16-3)12(15)11(8)9(13)6-14/h4-5,7,9,14-15H,6,13H2,1-3H3. The molecule has 1 aromatic carbocycles. The molecule has 0 heterocycles. The van der Waals surface area contributed by atoms with Gasteiger partial charge in [-0.1, -0.05) is 19.9 Å². The van der Waals surface area contributed by atoms with Crippen LogP contribution in [0.25, 0.3) is 0 Å². The summed E-state index contributed by atoms with van der Waals surface area (Å²) in [4.78, 5) is 0. The first kappa shape index (κ1) is 12.8. The van der Waals surface area contributed by atoms with Gasteiger partial charge in [-0.15, -0.1) is 0 Å². The topological polar surface area (TPSA) is 75.7 Å². The summed E-state index contributed by atoms with van der Waals surface area (Å²) in [6, 6.07) is 2.99. The lowest BCUT2D eigenvalue weighted by molar-refractivity contribution is 0.263. The largest absolute Gasteiger partial charge is 0.504 e. The fraction of sp³-hybridized carbons (Fsp3) is 0.500. The van der Waals surface area contributed by atoms with Gasteiger partial charge in [0.25, 0.3) is 0 Å². The number of phenols is 1. The van der Waals surface area contributed by atoms with Crippen LogP contribution in [0.4, 0.5) is 0 Å². The summed E-state index contributed by atoms with van der Waals surface area (Å²) in [5.74, 6) is 0.628. The molecule has 4 heteroatoms. The molecule has 1 unspecified atom stereocenters. The average Bonchev–Trinajstić information content (AvgIpc) is 2.27. The van der Waals surface area contributed by atoms with Crippen LogP contribution in [-0.4, -0.2) is 23.9 Å². The zero-order valence-electron chi connectivity index (χ0n) is 9.90. The number of nitrogens with two attached hydrogens (primary N) is 1. The van der Waals surface area contributed by atoms with Gasteiger partial charge < -0.3 is 20.7 Å². The van der Waals surface area contributed by atoms with E-state index in [0.29, 0.717) is 11.3 Å². The Hall–Kier alpha value is -1.26. The van der Waals surface area contributed by atoms with Crippen molar-refractivity contribution in [1.82, 2.24) is 0 Å². The van der Waals surface area contributed by atoms with Gasteiger partial charge in [0.15, 0.2) is 11.5 Å². The van der Waals surface area contributed by atoms with E-state index in [9.17, 15) is 5.11 Å². The van der Waals surface area contributed by atoms with E-state index in [1.165, 1.54) is 7.11 Å². The molecule has 4 nitrogen and oxygen atoms in total. The van der Waals surface area contributed by atoms with Crippen LogP contribution in [-0.2, 0) is 0 Å². The van der Waals surface area contributed by atoms with Crippen molar-refractivity contribution >= 4 is 0 Å². The lowest BCUT2D eigenvalue weighted by Gasteiger charge is -2.20. The molecule has 16 heavy (non-hydrogen) atoms. The van der Waals surface area contributed by atoms with E-state index in [-0.39, 0.29) is 18.3 Å². The Kier molecular flexibility index (Phi) is 4.15. The average molecular weight is 225 g/mol. The fourth-order valence-electron chi connectivity index (χ4n) is 1.75. The minimum atomic E-state index is -0.590. The molecule has 0 fully saturated rings. The third-order valence-electron chi connectivity index (χ3n) is 2.62. The maximum Gasteiger partial charge on any atom is 0.162 e. The van der Waals surface area contributed by atoms with Crippen LogP contribution in [0.15, 0.2) is 12.1 Å². The Balaban J connectivity index is 3.36. The minimum absolute atomic E-state index is 0.0234. The Labute approximate surface area is 95.7 Å². The predicted molar refractivity (Wildman–Crippen MR) is 62.8 cm³/mol. The van der Waals surface area contributed by atoms with E-state index in [2.05, 4.69) is 0 Å². The number of methoxy groups -OCH3 is 1. The van der Waals surface area contributed by atoms with Crippen LogP contribution >= 0.6 is 0 Å². The molecule has 0 aliphatic rings. The number of aliphatic hydroxyl groups excluding tert-OH is 1. The Morgan fingerprint density at radius 2 is 2.00 bits per heavy atom. The van der Waals surface area contributed by atoms with E-state index in [1.807, 2.05) is 19.9 Å². The molecule has 0 saturated carbocycles. The first-order valence-electron chi connectivity index (χ1n) is 5.29. The van der Waals surface area contributed by atoms with Gasteiger partial charge in [-0.2, -0.15) is 0 Å². The predicted octanol–water partition coefficient (Wildman–Crippen LogP) is 1.52. The molecule has 0 radical (unpaired) electrons. The van der Waals surface area contributed by atoms with Gasteiger partial charge in [-0.25, -0.2) is 0 Å². The molecule has 0 aliphatic carbocycles. The number of rotatable bonds is 4. The lowest BCUT2D eigenvalue weighted by atomic mass is 9.92. The zero-order chi connectivity index (χ0) is 12.3. The number of benzene rings is 1. The molecule has 0 aliphatic heterocycles. The number of hydrogen-bond acceptors (Lipinski definition) is 4. The molecule has 0 saturated heterocycles. The quantitative estimate of drug-likeness (QED) is 0.726. The minimum Gasteiger partial charge on any atom is -0.504 e. The second-order valence-corrected chi connectivity index (χ2v) is 4.06. The summed E-state index contributed by atoms with van der Waals surface area (Å²) >= 11 is 0. The highest BCUT2D eigenvalue weighted by atomic mass is 16.5. The molecule has 1 aromatic rings. The van der Waals surface area contributed by atoms with Gasteiger partial charge in [0.1, 0.15) is 0 Å². The summed E-state index contributed by atoms with van der Waals surface area (Å²) in [6.07, 6.45) is 0. The van der Waals surface area contributed by atoms with E-state index in [0.717, 1.165) is 5.56 Å². The zero-order valence-corrected chi connectivity index (χ0v) is 9.90. The second kappa shape index (κ2) is 5.18. The maximum absolute atomic E-state index is 10.0. The van der Waals surface area contributed by atoms with Crippen molar-refractivity contribution in [3.63, 3.8) is 0 Å². The third-order valence-corrected chi connectivity index (χ3v) is 2.62. The van der Waals surface area contributed by atoms with Crippen LogP contribution in [0, 0.1) is 0 Å². The van der Waals surface area contributed by atoms with Crippen molar-refractivity contribution < 1.29 is 14.9 Å². The number of aromatic hydroxyl groups is 1. The Morgan fingerprint density at radius 3 is 2.44 bits per heavy atom. The number of hydrogen-bond donors (Lipinski definition) is 3. The molecule has 0 aromatic heterocycles. The van der Waals surface area contributed by atoms with Crippen LogP contribution in [0.2, 0.25) is 0 Å². The lowest BCUT2D eigenvalue weighted by Crippen LogP contribution is -2.17. The van der Waals surface area contributed by atoms with Crippen LogP contribution < -0.4 is 10.5 Å². The van der Waals surface area contributed by atoms with Gasteiger partial charge in [0.05, 0.1) is 19.8 Å². The van der Waals surface area contributed by atoms with Gasteiger partial charge >= 0.3 is 0 Å². The van der Waals surface area contributed by atoms with Crippen molar-refractivity contribution in [3.05, 3.63) is 23.3 Å². The normalized spacial score (nSPS) is 12.9. The van der Waals surface area contributed by atoms with Crippen molar-refractivity contribution in [1.29, 1.82) is 0 Å². The van der Waals surface area contributed by atoms with Crippen molar-refractivity contribution in [2.24, 2.45) is 5.73 Å². The molecular formula is C12H19NO3. The van der Waals surface area contributed by atoms with Gasteiger partial charge in [-0.05, 0) is 17.5 Å². The molecular weight excluding hydrogens is 206 g/mol. The summed E-state index contributed by atoms with van der Waals surface area (Å²) in [6.45, 7) is 3.81. The SMILES string of the molecule is COc1ccc(C(C)C)c(C(N)CO)c1O. The smallest absolute Gasteiger partial charge is 0.162 e. The summed E-state index contributed by atoms with van der Waals surface area (Å²) < 4.78 is 5.03. The van der Waals surface area contributed by atoms with Crippen LogP contribution in [0.5, 0.6) is 11.5 Å². The van der Waals surface area contributed by atoms with Crippen molar-refractivity contribution in [2.75, 3.05) is 13.7 Å². The number of ether oxygens (including phenoxy) is 1. The fourth-order valence-corrected chi connectivity index (χ4v) is 1.75. The Bertz CT molecular complexity index is 364. The summed E-state index contributed by atoms with van der Waals surface area (Å²) in [5, 5.41) is 19.1. The van der Waals surface area contributed by atoms with Gasteiger partial charge in [-0.3, -0.25) is 0 Å². The summed E-state index contributed by atoms with van der Waals surface area (Å²) in [5.41, 5.74) is 7.29. The number of aliphatic hydroxyl groups is 1. The molecule has 1 rings (SSSR count). The van der Waals surface area contributed by atoms with Crippen molar-refractivity contribution in [2.45, 2.75) is 25.8 Å². The Morgan fingerprint density at radius 1 is 1.38 bits per heavy atom. The van der Waals surface area contributed by atoms with Gasteiger partial charge in [0.2, 0.25) is 0 Å². The number of phenolic OH excluding ortho intramolecular Hbond substituents is 1. The van der Waals surface area contributed by atoms with Crippen LogP contribution in [0.1, 0.15) is 36.9 Å². The highest BCUT2D eigenvalue weighted by molar-refractivity contribution is 5.52. The monoisotopic (exact) mass is 225 g/mol.